The molecule has 0 fully saturated rings. The molecule has 1 heterocycles. The van der Waals surface area contributed by atoms with E-state index in [0.29, 0.717) is 18.2 Å². The Bertz CT molecular complexity index is 162. The van der Waals surface area contributed by atoms with Crippen molar-refractivity contribution in [2.75, 3.05) is 13.8 Å². The van der Waals surface area contributed by atoms with E-state index in [4.69, 9.17) is 4.74 Å². The first-order chi connectivity index (χ1) is 4.25. The molecule has 0 N–H and O–H groups in total. The van der Waals surface area contributed by atoms with Crippen LogP contribution in [0.25, 0.3) is 0 Å². The van der Waals surface area contributed by atoms with Crippen LogP contribution in [0.2, 0.25) is 0 Å². The summed E-state index contributed by atoms with van der Waals surface area (Å²) < 4.78 is 5.01. The lowest BCUT2D eigenvalue weighted by molar-refractivity contribution is 0.169. The highest BCUT2D eigenvalue weighted by atomic mass is 16.5. The average Bonchev–Trinajstić information content (AvgIpc) is 2.12. The maximum absolute atomic E-state index is 10.1. The Balaban J connectivity index is 2.81. The molecule has 3 nitrogen and oxygen atoms in total. The summed E-state index contributed by atoms with van der Waals surface area (Å²) in [5.74, 6) is 0.660. The molecule has 1 aliphatic rings. The molecule has 1 rings (SSSR count). The molecule has 0 bridgehead atoms. The first-order valence-electron chi connectivity index (χ1n) is 2.68. The summed E-state index contributed by atoms with van der Waals surface area (Å²) in [5.41, 5.74) is 0.523. The van der Waals surface area contributed by atoms with Crippen LogP contribution in [0.5, 0.6) is 0 Å². The van der Waals surface area contributed by atoms with Gasteiger partial charge in [0.15, 0.2) is 6.73 Å². The van der Waals surface area contributed by atoms with Gasteiger partial charge in [0.25, 0.3) is 6.29 Å². The van der Waals surface area contributed by atoms with Gasteiger partial charge in [-0.1, -0.05) is 0 Å². The van der Waals surface area contributed by atoms with E-state index in [1.807, 2.05) is 0 Å². The predicted molar refractivity (Wildman–Crippen MR) is 32.1 cm³/mol. The molecule has 0 spiro atoms. The van der Waals surface area contributed by atoms with Crippen LogP contribution < -0.4 is 0 Å². The molecule has 0 saturated heterocycles. The van der Waals surface area contributed by atoms with Crippen molar-refractivity contribution >= 4 is 6.29 Å². The van der Waals surface area contributed by atoms with Gasteiger partial charge in [-0.2, -0.15) is 0 Å². The van der Waals surface area contributed by atoms with Crippen LogP contribution in [0.1, 0.15) is 6.92 Å². The van der Waals surface area contributed by atoms with Crippen molar-refractivity contribution in [1.29, 1.82) is 0 Å². The second-order valence-electron chi connectivity index (χ2n) is 1.98. The van der Waals surface area contributed by atoms with Gasteiger partial charge in [-0.05, 0) is 6.92 Å². The Kier molecular flexibility index (Phi) is 1.42. The SMILES string of the molecule is CC1=C([C]=O)N(C)CO1. The van der Waals surface area contributed by atoms with Gasteiger partial charge in [0.05, 0.1) is 0 Å². The standard InChI is InChI=1S/C6H8NO2/c1-5-6(3-8)7(2)4-9-5/h4H2,1-2H3. The van der Waals surface area contributed by atoms with Crippen LogP contribution in [-0.2, 0) is 9.53 Å². The quantitative estimate of drug-likeness (QED) is 0.504. The number of allylic oxidation sites excluding steroid dienone is 2. The summed E-state index contributed by atoms with van der Waals surface area (Å²) in [6.45, 7) is 2.22. The van der Waals surface area contributed by atoms with Crippen molar-refractivity contribution in [3.05, 3.63) is 11.5 Å². The number of hydrogen-bond donors (Lipinski definition) is 0. The first kappa shape index (κ1) is 6.13. The fourth-order valence-electron chi connectivity index (χ4n) is 0.745. The number of hydrogen-bond acceptors (Lipinski definition) is 3. The normalized spacial score (nSPS) is 18.2. The second-order valence-corrected chi connectivity index (χ2v) is 1.98. The highest BCUT2D eigenvalue weighted by Gasteiger charge is 2.16. The minimum atomic E-state index is 0.469. The number of likely N-dealkylation sites (N-methyl/N-ethyl adjacent to an activating group) is 1. The number of rotatable bonds is 1. The highest BCUT2D eigenvalue weighted by molar-refractivity contribution is 5.74. The van der Waals surface area contributed by atoms with Crippen molar-refractivity contribution in [3.63, 3.8) is 0 Å². The maximum atomic E-state index is 10.1. The fraction of sp³-hybridized carbons (Fsp3) is 0.500. The summed E-state index contributed by atoms with van der Waals surface area (Å²) in [6, 6.07) is 0. The molecule has 1 radical (unpaired) electrons. The van der Waals surface area contributed by atoms with Crippen LogP contribution in [0, 0.1) is 0 Å². The zero-order valence-corrected chi connectivity index (χ0v) is 5.47. The molecule has 9 heavy (non-hydrogen) atoms. The van der Waals surface area contributed by atoms with Gasteiger partial charge < -0.3 is 9.64 Å². The topological polar surface area (TPSA) is 29.5 Å². The Morgan fingerprint density at radius 1 is 1.78 bits per heavy atom. The fourth-order valence-corrected chi connectivity index (χ4v) is 0.745. The molecule has 0 aromatic carbocycles. The maximum Gasteiger partial charge on any atom is 0.254 e. The van der Waals surface area contributed by atoms with Crippen molar-refractivity contribution in [3.8, 4) is 0 Å². The smallest absolute Gasteiger partial charge is 0.254 e. The Morgan fingerprint density at radius 3 is 2.67 bits per heavy atom. The van der Waals surface area contributed by atoms with Crippen LogP contribution in [0.15, 0.2) is 11.5 Å². The third kappa shape index (κ3) is 0.896. The molecule has 1 aliphatic heterocycles. The Morgan fingerprint density at radius 2 is 2.44 bits per heavy atom. The zero-order chi connectivity index (χ0) is 6.85. The van der Waals surface area contributed by atoms with Gasteiger partial charge >= 0.3 is 0 Å². The number of ether oxygens (including phenoxy) is 1. The van der Waals surface area contributed by atoms with Crippen molar-refractivity contribution in [2.45, 2.75) is 6.92 Å². The molecule has 0 atom stereocenters. The van der Waals surface area contributed by atoms with E-state index in [-0.39, 0.29) is 0 Å². The molecule has 49 valence electrons. The molecule has 0 aromatic heterocycles. The van der Waals surface area contributed by atoms with E-state index in [0.717, 1.165) is 0 Å². The van der Waals surface area contributed by atoms with Crippen LogP contribution in [-0.4, -0.2) is 25.0 Å². The summed E-state index contributed by atoms with van der Waals surface area (Å²) in [7, 11) is 1.79. The van der Waals surface area contributed by atoms with Gasteiger partial charge in [-0.3, -0.25) is 4.79 Å². The molecular formula is C6H8NO2. The van der Waals surface area contributed by atoms with Crippen LogP contribution >= 0.6 is 0 Å². The van der Waals surface area contributed by atoms with Crippen LogP contribution in [0.3, 0.4) is 0 Å². The largest absolute Gasteiger partial charge is 0.475 e. The highest BCUT2D eigenvalue weighted by Crippen LogP contribution is 2.14. The molecule has 0 amide bonds. The number of nitrogens with zero attached hydrogens (tertiary/aromatic N) is 1. The molecule has 0 unspecified atom stereocenters. The summed E-state index contributed by atoms with van der Waals surface area (Å²) in [6.07, 6.45) is 1.79. The van der Waals surface area contributed by atoms with Crippen molar-refractivity contribution < 1.29 is 9.53 Å². The van der Waals surface area contributed by atoms with Gasteiger partial charge in [-0.15, -0.1) is 0 Å². The van der Waals surface area contributed by atoms with Crippen LogP contribution in [0.4, 0.5) is 0 Å². The van der Waals surface area contributed by atoms with E-state index < -0.39 is 0 Å². The van der Waals surface area contributed by atoms with E-state index >= 15 is 0 Å². The molecule has 3 heteroatoms. The predicted octanol–water partition coefficient (Wildman–Crippen LogP) is 0.247. The lowest BCUT2D eigenvalue weighted by atomic mass is 10.4. The molecule has 0 saturated carbocycles. The van der Waals surface area contributed by atoms with E-state index in [9.17, 15) is 4.79 Å². The van der Waals surface area contributed by atoms with E-state index in [1.165, 1.54) is 0 Å². The lowest BCUT2D eigenvalue weighted by Crippen LogP contribution is -2.13. The Labute approximate surface area is 53.9 Å². The summed E-state index contributed by atoms with van der Waals surface area (Å²) >= 11 is 0. The minimum Gasteiger partial charge on any atom is -0.475 e. The third-order valence-electron chi connectivity index (χ3n) is 1.29. The molecule has 0 aliphatic carbocycles. The van der Waals surface area contributed by atoms with Gasteiger partial charge in [-0.25, -0.2) is 0 Å². The zero-order valence-electron chi connectivity index (χ0n) is 5.47. The van der Waals surface area contributed by atoms with E-state index in [1.54, 1.807) is 25.2 Å². The molecular weight excluding hydrogens is 118 g/mol. The van der Waals surface area contributed by atoms with Crippen molar-refractivity contribution in [1.82, 2.24) is 4.90 Å². The summed E-state index contributed by atoms with van der Waals surface area (Å²) in [5, 5.41) is 0. The van der Waals surface area contributed by atoms with E-state index in [2.05, 4.69) is 0 Å². The molecule has 0 aromatic rings. The second kappa shape index (κ2) is 2.09. The summed E-state index contributed by atoms with van der Waals surface area (Å²) in [4.78, 5) is 11.8. The Hall–Kier alpha value is -0.990. The third-order valence-corrected chi connectivity index (χ3v) is 1.29. The minimum absolute atomic E-state index is 0.469. The average molecular weight is 126 g/mol. The van der Waals surface area contributed by atoms with Gasteiger partial charge in [0.2, 0.25) is 0 Å². The van der Waals surface area contributed by atoms with Gasteiger partial charge in [0, 0.05) is 7.05 Å². The first-order valence-corrected chi connectivity index (χ1v) is 2.68. The lowest BCUT2D eigenvalue weighted by Gasteiger charge is -2.05. The number of carbonyl (C=O) groups excluding carboxylic acids is 1. The van der Waals surface area contributed by atoms with Gasteiger partial charge in [0.1, 0.15) is 11.5 Å². The monoisotopic (exact) mass is 126 g/mol. The van der Waals surface area contributed by atoms with Crippen molar-refractivity contribution in [2.24, 2.45) is 0 Å².